The van der Waals surface area contributed by atoms with E-state index >= 15 is 0 Å². The predicted molar refractivity (Wildman–Crippen MR) is 73.6 cm³/mol. The van der Waals surface area contributed by atoms with Crippen LogP contribution in [0, 0.1) is 5.92 Å². The molecule has 3 atom stereocenters. The topological polar surface area (TPSA) is 116 Å². The zero-order chi connectivity index (χ0) is 15.2. The third kappa shape index (κ3) is 4.02. The van der Waals surface area contributed by atoms with Crippen molar-refractivity contribution >= 4 is 11.9 Å². The quantitative estimate of drug-likeness (QED) is 0.520. The van der Waals surface area contributed by atoms with E-state index in [0.29, 0.717) is 18.9 Å². The average Bonchev–Trinajstić information content (AvgIpc) is 3.09. The van der Waals surface area contributed by atoms with Gasteiger partial charge in [0.2, 0.25) is 5.91 Å². The molecule has 0 radical (unpaired) electrons. The number of amides is 1. The summed E-state index contributed by atoms with van der Waals surface area (Å²) in [6.07, 6.45) is 3.19. The number of carbonyl (C=O) groups is 2. The summed E-state index contributed by atoms with van der Waals surface area (Å²) >= 11 is 0. The van der Waals surface area contributed by atoms with Gasteiger partial charge < -0.3 is 25.5 Å². The molecule has 0 saturated carbocycles. The summed E-state index contributed by atoms with van der Waals surface area (Å²) in [5, 5.41) is 15.0. The Morgan fingerprint density at radius 2 is 2.38 bits per heavy atom. The van der Waals surface area contributed by atoms with Crippen LogP contribution < -0.4 is 10.6 Å². The number of imidazole rings is 1. The molecule has 1 aromatic rings. The van der Waals surface area contributed by atoms with E-state index in [1.165, 1.54) is 6.33 Å². The highest BCUT2D eigenvalue weighted by molar-refractivity contribution is 5.85. The number of carbonyl (C=O) groups excluding carboxylic acids is 1. The Labute approximate surface area is 122 Å². The number of likely N-dealkylation sites (N-methyl/N-ethyl adjacent to an activating group) is 1. The van der Waals surface area contributed by atoms with Crippen LogP contribution in [0.4, 0.5) is 0 Å². The maximum atomic E-state index is 12.3. The van der Waals surface area contributed by atoms with Gasteiger partial charge in [0.05, 0.1) is 25.5 Å². The van der Waals surface area contributed by atoms with E-state index in [4.69, 9.17) is 4.74 Å². The number of H-pyrrole nitrogens is 1. The molecule has 4 N–H and O–H groups in total. The molecule has 1 aliphatic heterocycles. The molecule has 2 heterocycles. The lowest BCUT2D eigenvalue weighted by molar-refractivity contribution is -0.142. The van der Waals surface area contributed by atoms with Crippen LogP contribution in [0.1, 0.15) is 12.6 Å². The van der Waals surface area contributed by atoms with Crippen LogP contribution in [0.3, 0.4) is 0 Å². The Kier molecular flexibility index (Phi) is 5.29. The summed E-state index contributed by atoms with van der Waals surface area (Å²) < 4.78 is 5.30. The average molecular weight is 296 g/mol. The van der Waals surface area contributed by atoms with Crippen molar-refractivity contribution in [1.29, 1.82) is 0 Å². The summed E-state index contributed by atoms with van der Waals surface area (Å²) in [5.74, 6) is -1.74. The summed E-state index contributed by atoms with van der Waals surface area (Å²) in [7, 11) is 0. The molecule has 8 nitrogen and oxygen atoms in total. The molecule has 1 fully saturated rings. The minimum Gasteiger partial charge on any atom is -0.480 e. The number of ether oxygens (including phenoxy) is 1. The van der Waals surface area contributed by atoms with Gasteiger partial charge >= 0.3 is 5.97 Å². The highest BCUT2D eigenvalue weighted by Crippen LogP contribution is 2.14. The Hall–Kier alpha value is -1.93. The smallest absolute Gasteiger partial charge is 0.326 e. The number of aliphatic carboxylic acids is 1. The normalized spacial score (nSPS) is 22.9. The number of nitrogens with one attached hydrogen (secondary N) is 3. The Bertz CT molecular complexity index is 477. The molecule has 1 aromatic heterocycles. The van der Waals surface area contributed by atoms with Crippen LogP contribution in [0.15, 0.2) is 12.5 Å². The predicted octanol–water partition coefficient (Wildman–Crippen LogP) is -0.854. The van der Waals surface area contributed by atoms with Gasteiger partial charge in [-0.2, -0.15) is 0 Å². The molecule has 0 bridgehead atoms. The molecule has 116 valence electrons. The zero-order valence-electron chi connectivity index (χ0n) is 11.8. The van der Waals surface area contributed by atoms with Gasteiger partial charge in [0.15, 0.2) is 0 Å². The van der Waals surface area contributed by atoms with Crippen LogP contribution in [-0.2, 0) is 20.7 Å². The van der Waals surface area contributed by atoms with E-state index < -0.39 is 12.0 Å². The molecule has 0 aliphatic carbocycles. The number of carboxylic acid groups (broad SMARTS) is 1. The molecular formula is C13H20N4O4. The van der Waals surface area contributed by atoms with Gasteiger partial charge in [-0.25, -0.2) is 9.78 Å². The number of aromatic nitrogens is 2. The second-order valence-corrected chi connectivity index (χ2v) is 4.99. The minimum absolute atomic E-state index is 0.0726. The van der Waals surface area contributed by atoms with Gasteiger partial charge in [-0.1, -0.05) is 6.92 Å². The van der Waals surface area contributed by atoms with Gasteiger partial charge in [-0.3, -0.25) is 4.79 Å². The number of hydrogen-bond donors (Lipinski definition) is 4. The molecule has 21 heavy (non-hydrogen) atoms. The lowest BCUT2D eigenvalue weighted by atomic mass is 10.0. The van der Waals surface area contributed by atoms with Crippen molar-refractivity contribution in [2.45, 2.75) is 25.4 Å². The molecular weight excluding hydrogens is 276 g/mol. The van der Waals surface area contributed by atoms with E-state index in [0.717, 1.165) is 6.54 Å². The van der Waals surface area contributed by atoms with Gasteiger partial charge in [0.1, 0.15) is 6.04 Å². The first kappa shape index (κ1) is 15.5. The molecule has 0 aromatic carbocycles. The standard InChI is InChI=1S/C13H20N4O4/c1-2-15-11-6-21-5-9(11)12(18)17-10(13(19)20)3-8-4-14-7-16-8/h4,7,9-11,15H,2-3,5-6H2,1H3,(H,14,16)(H,17,18)(H,19,20). The lowest BCUT2D eigenvalue weighted by Crippen LogP contribution is -2.49. The van der Waals surface area contributed by atoms with Gasteiger partial charge in [-0.05, 0) is 6.54 Å². The van der Waals surface area contributed by atoms with E-state index in [-0.39, 0.29) is 24.3 Å². The zero-order valence-corrected chi connectivity index (χ0v) is 11.8. The third-order valence-electron chi connectivity index (χ3n) is 3.48. The minimum atomic E-state index is -1.07. The molecule has 2 rings (SSSR count). The van der Waals surface area contributed by atoms with Crippen molar-refractivity contribution in [3.63, 3.8) is 0 Å². The second kappa shape index (κ2) is 7.19. The number of nitrogens with zero attached hydrogens (tertiary/aromatic N) is 1. The molecule has 8 heteroatoms. The summed E-state index contributed by atoms with van der Waals surface area (Å²) in [5.41, 5.74) is 0.661. The summed E-state index contributed by atoms with van der Waals surface area (Å²) in [4.78, 5) is 30.2. The van der Waals surface area contributed by atoms with Crippen molar-refractivity contribution in [1.82, 2.24) is 20.6 Å². The lowest BCUT2D eigenvalue weighted by Gasteiger charge is -2.20. The molecule has 3 unspecified atom stereocenters. The summed E-state index contributed by atoms with van der Waals surface area (Å²) in [6.45, 7) is 3.45. The monoisotopic (exact) mass is 296 g/mol. The van der Waals surface area contributed by atoms with Gasteiger partial charge in [0.25, 0.3) is 0 Å². The van der Waals surface area contributed by atoms with Crippen LogP contribution in [0.25, 0.3) is 0 Å². The van der Waals surface area contributed by atoms with E-state index in [2.05, 4.69) is 20.6 Å². The number of aromatic amines is 1. The Morgan fingerprint density at radius 3 is 3.00 bits per heavy atom. The number of carboxylic acids is 1. The van der Waals surface area contributed by atoms with Gasteiger partial charge in [-0.15, -0.1) is 0 Å². The fourth-order valence-corrected chi connectivity index (χ4v) is 2.37. The maximum Gasteiger partial charge on any atom is 0.326 e. The Balaban J connectivity index is 1.96. The fourth-order valence-electron chi connectivity index (χ4n) is 2.37. The fraction of sp³-hybridized carbons (Fsp3) is 0.615. The highest BCUT2D eigenvalue weighted by Gasteiger charge is 2.35. The van der Waals surface area contributed by atoms with Crippen molar-refractivity contribution in [2.75, 3.05) is 19.8 Å². The van der Waals surface area contributed by atoms with Crippen LogP contribution in [0.2, 0.25) is 0 Å². The van der Waals surface area contributed by atoms with E-state index in [1.54, 1.807) is 6.20 Å². The largest absolute Gasteiger partial charge is 0.480 e. The first-order valence-electron chi connectivity index (χ1n) is 6.93. The first-order valence-corrected chi connectivity index (χ1v) is 6.93. The SMILES string of the molecule is CCNC1COCC1C(=O)NC(Cc1cnc[nH]1)C(=O)O. The molecule has 1 aliphatic rings. The highest BCUT2D eigenvalue weighted by atomic mass is 16.5. The molecule has 0 spiro atoms. The van der Waals surface area contributed by atoms with Crippen molar-refractivity contribution in [3.8, 4) is 0 Å². The molecule has 1 amide bonds. The van der Waals surface area contributed by atoms with E-state index in [9.17, 15) is 14.7 Å². The van der Waals surface area contributed by atoms with Crippen molar-refractivity contribution in [3.05, 3.63) is 18.2 Å². The first-order chi connectivity index (χ1) is 10.1. The van der Waals surface area contributed by atoms with Crippen molar-refractivity contribution < 1.29 is 19.4 Å². The maximum absolute atomic E-state index is 12.3. The molecule has 1 saturated heterocycles. The Morgan fingerprint density at radius 1 is 1.57 bits per heavy atom. The van der Waals surface area contributed by atoms with Crippen LogP contribution in [0.5, 0.6) is 0 Å². The van der Waals surface area contributed by atoms with Crippen LogP contribution in [-0.4, -0.2) is 58.8 Å². The van der Waals surface area contributed by atoms with Crippen LogP contribution >= 0.6 is 0 Å². The second-order valence-electron chi connectivity index (χ2n) is 4.99. The number of hydrogen-bond acceptors (Lipinski definition) is 5. The third-order valence-corrected chi connectivity index (χ3v) is 3.48. The van der Waals surface area contributed by atoms with E-state index in [1.807, 2.05) is 6.92 Å². The van der Waals surface area contributed by atoms with Crippen molar-refractivity contribution in [2.24, 2.45) is 5.92 Å². The van der Waals surface area contributed by atoms with Gasteiger partial charge in [0, 0.05) is 24.4 Å². The number of rotatable bonds is 7. The summed E-state index contributed by atoms with van der Waals surface area (Å²) in [6, 6.07) is -1.06.